The quantitative estimate of drug-likeness (QED) is 0.618. The number of fused-ring (bicyclic) bond motifs is 1. The van der Waals surface area contributed by atoms with E-state index < -0.39 is 5.91 Å². The van der Waals surface area contributed by atoms with Crippen molar-refractivity contribution in [1.29, 1.82) is 0 Å². The third-order valence-electron chi connectivity index (χ3n) is 5.38. The number of amides is 1. The number of carbonyl (C=O) groups is 2. The smallest absolute Gasteiger partial charge is 0.295 e. The molecule has 4 rings (SSSR count). The minimum atomic E-state index is -0.654. The van der Waals surface area contributed by atoms with Crippen molar-refractivity contribution in [3.05, 3.63) is 87.5 Å². The Morgan fingerprint density at radius 2 is 1.74 bits per heavy atom. The minimum absolute atomic E-state index is 0.135. The Morgan fingerprint density at radius 1 is 1.06 bits per heavy atom. The molecule has 0 spiro atoms. The van der Waals surface area contributed by atoms with Gasteiger partial charge in [0.2, 0.25) is 0 Å². The molecule has 0 saturated heterocycles. The molecule has 0 fully saturated rings. The fourth-order valence-electron chi connectivity index (χ4n) is 3.61. The van der Waals surface area contributed by atoms with Crippen molar-refractivity contribution in [3.8, 4) is 5.69 Å². The summed E-state index contributed by atoms with van der Waals surface area (Å²) in [7, 11) is 1.74. The second kappa shape index (κ2) is 8.31. The number of nitrogens with two attached hydrogens (primary N) is 1. The first kappa shape index (κ1) is 20.7. The van der Waals surface area contributed by atoms with Crippen LogP contribution in [-0.2, 0) is 11.8 Å². The maximum absolute atomic E-state index is 13.0. The molecule has 0 unspecified atom stereocenters. The molecule has 8 heteroatoms. The summed E-state index contributed by atoms with van der Waals surface area (Å²) in [5.74, 6) is -0.268. The highest BCUT2D eigenvalue weighted by Gasteiger charge is 2.26. The molecule has 3 aromatic rings. The molecule has 31 heavy (non-hydrogen) atoms. The Labute approximate surface area is 183 Å². The number of aromatic nitrogens is 2. The van der Waals surface area contributed by atoms with Crippen molar-refractivity contribution in [2.45, 2.75) is 18.2 Å². The second-order valence-corrected chi connectivity index (χ2v) is 8.34. The molecule has 3 N–H and O–H groups in total. The minimum Gasteiger partial charge on any atom is -0.394 e. The summed E-state index contributed by atoms with van der Waals surface area (Å²) < 4.78 is 3.14. The van der Waals surface area contributed by atoms with Crippen molar-refractivity contribution < 1.29 is 9.59 Å². The zero-order valence-corrected chi connectivity index (χ0v) is 18.0. The van der Waals surface area contributed by atoms with E-state index in [1.807, 2.05) is 42.5 Å². The summed E-state index contributed by atoms with van der Waals surface area (Å²) in [6, 6.07) is 16.4. The Kier molecular flexibility index (Phi) is 5.56. The highest BCUT2D eigenvalue weighted by molar-refractivity contribution is 7.99. The van der Waals surface area contributed by atoms with E-state index >= 15 is 0 Å². The number of thioether (sulfide) groups is 1. The number of Topliss-reactive ketones (excluding diaryl/α,β-unsaturated/α-hetero) is 1. The van der Waals surface area contributed by atoms with Crippen LogP contribution in [0.4, 0.5) is 5.69 Å². The molecular formula is C23H22N4O3S. The average molecular weight is 435 g/mol. The summed E-state index contributed by atoms with van der Waals surface area (Å²) in [6.45, 7) is 1.74. The number of anilines is 1. The standard InChI is InChI=1S/C23H22N4O3S/c1-14-20(23(30)27(26(14)2)15-8-4-3-5-9-15)25-22(29)19(24)17-12-13-31-18-11-7-6-10-16(18)21(17)28/h3-11H,12-13,24H2,1-2H3,(H,25,29). The Morgan fingerprint density at radius 3 is 2.48 bits per heavy atom. The van der Waals surface area contributed by atoms with Crippen molar-refractivity contribution in [3.63, 3.8) is 0 Å². The Bertz CT molecular complexity index is 1270. The van der Waals surface area contributed by atoms with Gasteiger partial charge < -0.3 is 11.1 Å². The molecule has 1 aliphatic rings. The van der Waals surface area contributed by atoms with Gasteiger partial charge in [0.15, 0.2) is 5.78 Å². The van der Waals surface area contributed by atoms with Crippen LogP contribution in [0.5, 0.6) is 0 Å². The van der Waals surface area contributed by atoms with Gasteiger partial charge in [-0.15, -0.1) is 11.8 Å². The van der Waals surface area contributed by atoms with E-state index in [0.29, 0.717) is 29.1 Å². The number of hydrogen-bond acceptors (Lipinski definition) is 5. The summed E-state index contributed by atoms with van der Waals surface area (Å²) in [4.78, 5) is 39.8. The molecule has 1 aromatic heterocycles. The van der Waals surface area contributed by atoms with E-state index in [2.05, 4.69) is 5.32 Å². The Hall–Kier alpha value is -3.52. The molecule has 0 atom stereocenters. The monoisotopic (exact) mass is 434 g/mol. The van der Waals surface area contributed by atoms with Crippen molar-refractivity contribution in [2.24, 2.45) is 12.8 Å². The van der Waals surface area contributed by atoms with Gasteiger partial charge in [0.05, 0.1) is 11.4 Å². The topological polar surface area (TPSA) is 99.1 Å². The van der Waals surface area contributed by atoms with Crippen molar-refractivity contribution >= 4 is 29.1 Å². The predicted octanol–water partition coefficient (Wildman–Crippen LogP) is 3.01. The van der Waals surface area contributed by atoms with Crippen LogP contribution in [0, 0.1) is 6.92 Å². The van der Waals surface area contributed by atoms with Crippen molar-refractivity contribution in [1.82, 2.24) is 9.36 Å². The first-order valence-electron chi connectivity index (χ1n) is 9.80. The maximum atomic E-state index is 13.0. The summed E-state index contributed by atoms with van der Waals surface area (Å²) >= 11 is 1.56. The molecule has 2 aromatic carbocycles. The molecule has 0 radical (unpaired) electrons. The molecule has 2 heterocycles. The molecule has 0 aliphatic carbocycles. The van der Waals surface area contributed by atoms with Crippen LogP contribution >= 0.6 is 11.8 Å². The third-order valence-corrected chi connectivity index (χ3v) is 6.45. The van der Waals surface area contributed by atoms with Crippen LogP contribution in [0.3, 0.4) is 0 Å². The van der Waals surface area contributed by atoms with Gasteiger partial charge in [0.1, 0.15) is 11.4 Å². The van der Waals surface area contributed by atoms with Gasteiger partial charge in [-0.05, 0) is 37.6 Å². The molecule has 7 nitrogen and oxygen atoms in total. The van der Waals surface area contributed by atoms with Crippen LogP contribution in [0.15, 0.2) is 75.6 Å². The number of nitrogens with zero attached hydrogens (tertiary/aromatic N) is 2. The number of carbonyl (C=O) groups excluding carboxylic acids is 2. The summed E-state index contributed by atoms with van der Waals surface area (Å²) in [5, 5.41) is 2.64. The van der Waals surface area contributed by atoms with Gasteiger partial charge in [-0.3, -0.25) is 19.1 Å². The van der Waals surface area contributed by atoms with E-state index in [0.717, 1.165) is 4.90 Å². The number of rotatable bonds is 3. The summed E-state index contributed by atoms with van der Waals surface area (Å²) in [5.41, 5.74) is 7.81. The third kappa shape index (κ3) is 3.70. The largest absolute Gasteiger partial charge is 0.394 e. The zero-order chi connectivity index (χ0) is 22.1. The van der Waals surface area contributed by atoms with Gasteiger partial charge >= 0.3 is 0 Å². The van der Waals surface area contributed by atoms with Crippen molar-refractivity contribution in [2.75, 3.05) is 11.1 Å². The highest BCUT2D eigenvalue weighted by Crippen LogP contribution is 2.31. The number of benzene rings is 2. The van der Waals surface area contributed by atoms with Crippen LogP contribution in [0.2, 0.25) is 0 Å². The molecule has 1 aliphatic heterocycles. The Balaban J connectivity index is 1.69. The lowest BCUT2D eigenvalue weighted by Crippen LogP contribution is -2.28. The fraction of sp³-hybridized carbons (Fsp3) is 0.174. The first-order chi connectivity index (χ1) is 14.9. The van der Waals surface area contributed by atoms with Gasteiger partial charge in [-0.25, -0.2) is 4.68 Å². The molecule has 0 saturated carbocycles. The van der Waals surface area contributed by atoms with Gasteiger partial charge in [0, 0.05) is 28.8 Å². The van der Waals surface area contributed by atoms with Gasteiger partial charge in [0.25, 0.3) is 11.5 Å². The lowest BCUT2D eigenvalue weighted by atomic mass is 9.99. The van der Waals surface area contributed by atoms with E-state index in [4.69, 9.17) is 5.73 Å². The second-order valence-electron chi connectivity index (χ2n) is 7.21. The zero-order valence-electron chi connectivity index (χ0n) is 17.2. The number of allylic oxidation sites excluding steroid dienone is 1. The highest BCUT2D eigenvalue weighted by atomic mass is 32.2. The average Bonchev–Trinajstić information content (AvgIpc) is 2.91. The van der Waals surface area contributed by atoms with Crippen LogP contribution < -0.4 is 16.6 Å². The molecule has 0 bridgehead atoms. The van der Waals surface area contributed by atoms with Gasteiger partial charge in [-0.1, -0.05) is 30.3 Å². The number of para-hydroxylation sites is 1. The molecule has 158 valence electrons. The van der Waals surface area contributed by atoms with Crippen LogP contribution in [0.25, 0.3) is 5.69 Å². The normalized spacial score (nSPS) is 15.2. The number of nitrogens with one attached hydrogen (secondary N) is 1. The van der Waals surface area contributed by atoms with E-state index in [-0.39, 0.29) is 28.3 Å². The fourth-order valence-corrected chi connectivity index (χ4v) is 4.62. The van der Waals surface area contributed by atoms with E-state index in [1.54, 1.807) is 42.5 Å². The SMILES string of the molecule is Cc1c(NC(=O)C(N)=C2CCSc3ccccc3C2=O)c(=O)n(-c2ccccc2)n1C. The maximum Gasteiger partial charge on any atom is 0.295 e. The molecular weight excluding hydrogens is 412 g/mol. The van der Waals surface area contributed by atoms with E-state index in [1.165, 1.54) is 4.68 Å². The first-order valence-corrected chi connectivity index (χ1v) is 10.8. The number of ketones is 1. The van der Waals surface area contributed by atoms with E-state index in [9.17, 15) is 14.4 Å². The van der Waals surface area contributed by atoms with Gasteiger partial charge in [-0.2, -0.15) is 0 Å². The number of hydrogen-bond donors (Lipinski definition) is 2. The van der Waals surface area contributed by atoms with Crippen LogP contribution in [0.1, 0.15) is 22.5 Å². The molecule has 1 amide bonds. The summed E-state index contributed by atoms with van der Waals surface area (Å²) in [6.07, 6.45) is 0.374. The van der Waals surface area contributed by atoms with Crippen LogP contribution in [-0.4, -0.2) is 26.8 Å². The lowest BCUT2D eigenvalue weighted by Gasteiger charge is -2.09. The predicted molar refractivity (Wildman–Crippen MR) is 122 cm³/mol. The lowest BCUT2D eigenvalue weighted by molar-refractivity contribution is -0.113.